The molecule has 2 N–H and O–H groups in total. The Morgan fingerprint density at radius 1 is 1.43 bits per heavy atom. The molecule has 1 aliphatic rings. The van der Waals surface area contributed by atoms with Crippen LogP contribution >= 0.6 is 0 Å². The number of nitrogens with zero attached hydrogens (tertiary/aromatic N) is 2. The van der Waals surface area contributed by atoms with Crippen molar-refractivity contribution in [2.45, 2.75) is 25.1 Å². The second-order valence-corrected chi connectivity index (χ2v) is 7.40. The lowest BCUT2D eigenvalue weighted by molar-refractivity contribution is -0.385. The number of benzene rings is 1. The van der Waals surface area contributed by atoms with E-state index in [0.29, 0.717) is 19.5 Å². The van der Waals surface area contributed by atoms with Crippen molar-refractivity contribution in [1.82, 2.24) is 4.31 Å². The van der Waals surface area contributed by atoms with E-state index in [4.69, 9.17) is 5.73 Å². The summed E-state index contributed by atoms with van der Waals surface area (Å²) in [6.07, 6.45) is 0.608. The number of hydrogen-bond acceptors (Lipinski definition) is 5. The molecule has 8 heteroatoms. The van der Waals surface area contributed by atoms with Crippen LogP contribution in [0.25, 0.3) is 0 Å². The predicted octanol–water partition coefficient (Wildman–Crippen LogP) is 1.09. The first kappa shape index (κ1) is 15.9. The number of nitrogens with two attached hydrogens (primary N) is 1. The smallest absolute Gasteiger partial charge is 0.273 e. The Balaban J connectivity index is 2.20. The van der Waals surface area contributed by atoms with Gasteiger partial charge in [-0.1, -0.05) is 25.1 Å². The van der Waals surface area contributed by atoms with Crippen LogP contribution in [0.3, 0.4) is 0 Å². The van der Waals surface area contributed by atoms with E-state index >= 15 is 0 Å². The van der Waals surface area contributed by atoms with Crippen LogP contribution in [0, 0.1) is 16.0 Å². The minimum absolute atomic E-state index is 0.00233. The average molecular weight is 313 g/mol. The highest BCUT2D eigenvalue weighted by atomic mass is 32.2. The maximum absolute atomic E-state index is 12.4. The number of rotatable bonds is 4. The van der Waals surface area contributed by atoms with Crippen LogP contribution in [0.15, 0.2) is 24.3 Å². The molecule has 1 aromatic carbocycles. The summed E-state index contributed by atoms with van der Waals surface area (Å²) >= 11 is 0. The zero-order valence-corrected chi connectivity index (χ0v) is 12.6. The Labute approximate surface area is 123 Å². The van der Waals surface area contributed by atoms with Gasteiger partial charge < -0.3 is 5.73 Å². The third-order valence-corrected chi connectivity index (χ3v) is 5.65. The van der Waals surface area contributed by atoms with E-state index in [1.807, 2.05) is 6.92 Å². The first-order chi connectivity index (χ1) is 9.81. The molecular weight excluding hydrogens is 294 g/mol. The highest BCUT2D eigenvalue weighted by Crippen LogP contribution is 2.24. The van der Waals surface area contributed by atoms with Crippen LogP contribution in [0.2, 0.25) is 0 Å². The molecule has 7 nitrogen and oxygen atoms in total. The van der Waals surface area contributed by atoms with Crippen molar-refractivity contribution in [2.75, 3.05) is 13.1 Å². The van der Waals surface area contributed by atoms with E-state index in [0.717, 1.165) is 0 Å². The van der Waals surface area contributed by atoms with Gasteiger partial charge in [-0.05, 0) is 12.3 Å². The maximum atomic E-state index is 12.4. The second kappa shape index (κ2) is 6.08. The summed E-state index contributed by atoms with van der Waals surface area (Å²) in [6, 6.07) is 5.93. The Morgan fingerprint density at radius 3 is 2.71 bits per heavy atom. The standard InChI is InChI=1S/C13H19N3O4S/c1-10-8-15(7-6-12(10)14)21(19,20)9-11-4-2-3-5-13(11)16(17)18/h2-5,10,12H,6-9,14H2,1H3. The summed E-state index contributed by atoms with van der Waals surface area (Å²) in [5.41, 5.74) is 5.94. The van der Waals surface area contributed by atoms with Gasteiger partial charge in [0.1, 0.15) is 0 Å². The predicted molar refractivity (Wildman–Crippen MR) is 79.0 cm³/mol. The quantitative estimate of drug-likeness (QED) is 0.661. The fraction of sp³-hybridized carbons (Fsp3) is 0.538. The molecule has 1 aromatic rings. The van der Waals surface area contributed by atoms with Crippen molar-refractivity contribution in [3.63, 3.8) is 0 Å². The van der Waals surface area contributed by atoms with Crippen molar-refractivity contribution in [3.8, 4) is 0 Å². The van der Waals surface area contributed by atoms with Gasteiger partial charge in [0.05, 0.1) is 10.7 Å². The van der Waals surface area contributed by atoms with Crippen LogP contribution in [0.4, 0.5) is 5.69 Å². The molecule has 0 saturated carbocycles. The van der Waals surface area contributed by atoms with Crippen molar-refractivity contribution < 1.29 is 13.3 Å². The van der Waals surface area contributed by atoms with E-state index in [1.165, 1.54) is 22.5 Å². The SMILES string of the molecule is CC1CN(S(=O)(=O)Cc2ccccc2[N+](=O)[O-])CCC1N. The van der Waals surface area contributed by atoms with Gasteiger partial charge in [-0.2, -0.15) is 0 Å². The molecule has 2 atom stereocenters. The number of nitro groups is 1. The van der Waals surface area contributed by atoms with Gasteiger partial charge in [0.15, 0.2) is 0 Å². The average Bonchev–Trinajstić information content (AvgIpc) is 2.41. The molecule has 0 radical (unpaired) electrons. The van der Waals surface area contributed by atoms with Crippen LogP contribution < -0.4 is 5.73 Å². The normalized spacial score (nSPS) is 23.9. The monoisotopic (exact) mass is 313 g/mol. The molecule has 21 heavy (non-hydrogen) atoms. The summed E-state index contributed by atoms with van der Waals surface area (Å²) in [5.74, 6) is -0.272. The van der Waals surface area contributed by atoms with E-state index in [9.17, 15) is 18.5 Å². The highest BCUT2D eigenvalue weighted by Gasteiger charge is 2.32. The van der Waals surface area contributed by atoms with Crippen molar-refractivity contribution in [3.05, 3.63) is 39.9 Å². The largest absolute Gasteiger partial charge is 0.327 e. The Kier molecular flexibility index (Phi) is 4.60. The second-order valence-electron chi connectivity index (χ2n) is 5.43. The van der Waals surface area contributed by atoms with Gasteiger partial charge in [-0.25, -0.2) is 12.7 Å². The van der Waals surface area contributed by atoms with E-state index < -0.39 is 14.9 Å². The first-order valence-corrected chi connectivity index (χ1v) is 8.38. The topological polar surface area (TPSA) is 107 Å². The van der Waals surface area contributed by atoms with Crippen molar-refractivity contribution in [2.24, 2.45) is 11.7 Å². The lowest BCUT2D eigenvalue weighted by Crippen LogP contribution is -2.48. The molecule has 0 amide bonds. The highest BCUT2D eigenvalue weighted by molar-refractivity contribution is 7.88. The number of nitro benzene ring substituents is 1. The Bertz CT molecular complexity index is 632. The molecule has 0 bridgehead atoms. The van der Waals surface area contributed by atoms with Crippen LogP contribution in [0.1, 0.15) is 18.9 Å². The number of para-hydroxylation sites is 1. The molecule has 0 spiro atoms. The fourth-order valence-electron chi connectivity index (χ4n) is 2.48. The molecule has 1 fully saturated rings. The summed E-state index contributed by atoms with van der Waals surface area (Å²) in [6.45, 7) is 2.65. The summed E-state index contributed by atoms with van der Waals surface area (Å²) in [7, 11) is -3.58. The molecule has 1 saturated heterocycles. The van der Waals surface area contributed by atoms with Gasteiger partial charge in [0.25, 0.3) is 5.69 Å². The van der Waals surface area contributed by atoms with Gasteiger partial charge in [-0.15, -0.1) is 0 Å². The first-order valence-electron chi connectivity index (χ1n) is 6.77. The third kappa shape index (κ3) is 3.58. The molecule has 0 aliphatic carbocycles. The van der Waals surface area contributed by atoms with Crippen LogP contribution in [-0.2, 0) is 15.8 Å². The Morgan fingerprint density at radius 2 is 2.10 bits per heavy atom. The molecule has 1 heterocycles. The summed E-state index contributed by atoms with van der Waals surface area (Å²) < 4.78 is 26.3. The molecular formula is C13H19N3O4S. The molecule has 116 valence electrons. The zero-order valence-electron chi connectivity index (χ0n) is 11.8. The summed E-state index contributed by atoms with van der Waals surface area (Å²) in [5, 5.41) is 11.0. The van der Waals surface area contributed by atoms with Gasteiger partial charge in [0, 0.05) is 30.8 Å². The van der Waals surface area contributed by atoms with E-state index in [2.05, 4.69) is 0 Å². The minimum Gasteiger partial charge on any atom is -0.327 e. The molecule has 2 unspecified atom stereocenters. The van der Waals surface area contributed by atoms with Crippen molar-refractivity contribution in [1.29, 1.82) is 0 Å². The van der Waals surface area contributed by atoms with Crippen LogP contribution in [-0.4, -0.2) is 36.8 Å². The zero-order chi connectivity index (χ0) is 15.6. The number of sulfonamides is 1. The summed E-state index contributed by atoms with van der Waals surface area (Å²) in [4.78, 5) is 10.4. The molecule has 0 aromatic heterocycles. The van der Waals surface area contributed by atoms with E-state index in [1.54, 1.807) is 6.07 Å². The minimum atomic E-state index is -3.58. The maximum Gasteiger partial charge on any atom is 0.273 e. The lowest BCUT2D eigenvalue weighted by atomic mass is 9.96. The number of hydrogen-bond donors (Lipinski definition) is 1. The Hall–Kier alpha value is -1.51. The molecule has 2 rings (SSSR count). The lowest BCUT2D eigenvalue weighted by Gasteiger charge is -2.34. The fourth-order valence-corrected chi connectivity index (χ4v) is 4.14. The van der Waals surface area contributed by atoms with E-state index in [-0.39, 0.29) is 29.0 Å². The third-order valence-electron chi connectivity index (χ3n) is 3.85. The van der Waals surface area contributed by atoms with Crippen molar-refractivity contribution >= 4 is 15.7 Å². The molecule has 1 aliphatic heterocycles. The van der Waals surface area contributed by atoms with Gasteiger partial charge in [-0.3, -0.25) is 10.1 Å². The van der Waals surface area contributed by atoms with Gasteiger partial charge >= 0.3 is 0 Å². The van der Waals surface area contributed by atoms with Crippen LogP contribution in [0.5, 0.6) is 0 Å². The van der Waals surface area contributed by atoms with Gasteiger partial charge in [0.2, 0.25) is 10.0 Å². The number of piperidine rings is 1.